The molecule has 0 radical (unpaired) electrons. The quantitative estimate of drug-likeness (QED) is 0.896. The van der Waals surface area contributed by atoms with E-state index in [0.717, 1.165) is 17.1 Å². The molecule has 0 saturated carbocycles. The molecular weight excluding hydrogens is 240 g/mol. The van der Waals surface area contributed by atoms with Crippen molar-refractivity contribution in [3.8, 4) is 11.5 Å². The number of hydrogen-bond donors (Lipinski definition) is 1. The Labute approximate surface area is 113 Å². The van der Waals surface area contributed by atoms with Gasteiger partial charge in [-0.3, -0.25) is 0 Å². The molecule has 0 aliphatic rings. The highest BCUT2D eigenvalue weighted by molar-refractivity contribution is 5.46. The van der Waals surface area contributed by atoms with E-state index in [1.807, 2.05) is 36.0 Å². The number of hydrogen-bond acceptors (Lipinski definition) is 3. The summed E-state index contributed by atoms with van der Waals surface area (Å²) in [5, 5.41) is 0. The molecule has 1 aromatic carbocycles. The summed E-state index contributed by atoms with van der Waals surface area (Å²) in [6.45, 7) is 0.534. The lowest BCUT2D eigenvalue weighted by Gasteiger charge is -2.18. The summed E-state index contributed by atoms with van der Waals surface area (Å²) in [6.07, 6.45) is 4.11. The van der Waals surface area contributed by atoms with Crippen LogP contribution in [0.25, 0.3) is 0 Å². The maximum atomic E-state index is 5.94. The van der Waals surface area contributed by atoms with Gasteiger partial charge >= 0.3 is 0 Å². The molecule has 102 valence electrons. The second-order valence-electron chi connectivity index (χ2n) is 4.51. The number of benzene rings is 1. The van der Waals surface area contributed by atoms with Crippen molar-refractivity contribution in [2.45, 2.75) is 5.92 Å². The molecule has 4 nitrogen and oxygen atoms in total. The van der Waals surface area contributed by atoms with E-state index in [0.29, 0.717) is 6.54 Å². The van der Waals surface area contributed by atoms with Crippen LogP contribution in [0.4, 0.5) is 0 Å². The predicted molar refractivity (Wildman–Crippen MR) is 75.9 cm³/mol. The first-order valence-corrected chi connectivity index (χ1v) is 6.23. The lowest BCUT2D eigenvalue weighted by molar-refractivity contribution is 0.390. The second kappa shape index (κ2) is 5.80. The van der Waals surface area contributed by atoms with Crippen molar-refractivity contribution in [1.29, 1.82) is 0 Å². The first kappa shape index (κ1) is 13.5. The van der Waals surface area contributed by atoms with Gasteiger partial charge in [-0.15, -0.1) is 0 Å². The molecule has 2 N–H and O–H groups in total. The Morgan fingerprint density at radius 3 is 2.53 bits per heavy atom. The third kappa shape index (κ3) is 2.74. The van der Waals surface area contributed by atoms with E-state index in [-0.39, 0.29) is 5.92 Å². The SMILES string of the molecule is COc1ccc(C(CN)c2ccn(C)c2)c(OC)c1. The highest BCUT2D eigenvalue weighted by Gasteiger charge is 2.18. The minimum absolute atomic E-state index is 0.127. The molecule has 19 heavy (non-hydrogen) atoms. The molecule has 0 fully saturated rings. The van der Waals surface area contributed by atoms with Crippen LogP contribution in [-0.4, -0.2) is 25.3 Å². The van der Waals surface area contributed by atoms with Crippen LogP contribution >= 0.6 is 0 Å². The van der Waals surface area contributed by atoms with Gasteiger partial charge < -0.3 is 19.8 Å². The van der Waals surface area contributed by atoms with E-state index >= 15 is 0 Å². The summed E-state index contributed by atoms with van der Waals surface area (Å²) in [4.78, 5) is 0. The van der Waals surface area contributed by atoms with Crippen LogP contribution in [-0.2, 0) is 7.05 Å². The fraction of sp³-hybridized carbons (Fsp3) is 0.333. The number of ether oxygens (including phenoxy) is 2. The van der Waals surface area contributed by atoms with E-state index in [2.05, 4.69) is 12.3 Å². The fourth-order valence-electron chi connectivity index (χ4n) is 2.28. The number of rotatable bonds is 5. The van der Waals surface area contributed by atoms with Crippen molar-refractivity contribution in [2.24, 2.45) is 12.8 Å². The average molecular weight is 260 g/mol. The first-order valence-electron chi connectivity index (χ1n) is 6.23. The van der Waals surface area contributed by atoms with Crippen LogP contribution < -0.4 is 15.2 Å². The van der Waals surface area contributed by atoms with Crippen LogP contribution in [0.15, 0.2) is 36.7 Å². The zero-order chi connectivity index (χ0) is 13.8. The van der Waals surface area contributed by atoms with Crippen LogP contribution in [0.3, 0.4) is 0 Å². The third-order valence-electron chi connectivity index (χ3n) is 3.31. The zero-order valence-electron chi connectivity index (χ0n) is 11.6. The van der Waals surface area contributed by atoms with E-state index in [9.17, 15) is 0 Å². The lowest BCUT2D eigenvalue weighted by atomic mass is 9.92. The molecule has 4 heteroatoms. The summed E-state index contributed by atoms with van der Waals surface area (Å²) in [5.41, 5.74) is 8.21. The Morgan fingerprint density at radius 1 is 1.21 bits per heavy atom. The van der Waals surface area contributed by atoms with Crippen molar-refractivity contribution in [3.05, 3.63) is 47.8 Å². The molecule has 0 saturated heterocycles. The summed E-state index contributed by atoms with van der Waals surface area (Å²) in [7, 11) is 5.31. The minimum atomic E-state index is 0.127. The van der Waals surface area contributed by atoms with Gasteiger partial charge in [0.05, 0.1) is 14.2 Å². The van der Waals surface area contributed by atoms with Crippen molar-refractivity contribution < 1.29 is 9.47 Å². The van der Waals surface area contributed by atoms with Gasteiger partial charge in [0.25, 0.3) is 0 Å². The first-order chi connectivity index (χ1) is 9.19. The number of methoxy groups -OCH3 is 2. The molecule has 2 aromatic rings. The molecule has 1 unspecified atom stereocenters. The maximum absolute atomic E-state index is 5.94. The van der Waals surface area contributed by atoms with Crippen molar-refractivity contribution >= 4 is 0 Å². The second-order valence-corrected chi connectivity index (χ2v) is 4.51. The molecule has 0 bridgehead atoms. The monoisotopic (exact) mass is 260 g/mol. The van der Waals surface area contributed by atoms with Crippen LogP contribution in [0, 0.1) is 0 Å². The fourth-order valence-corrected chi connectivity index (χ4v) is 2.28. The van der Waals surface area contributed by atoms with Gasteiger partial charge in [-0.1, -0.05) is 6.07 Å². The third-order valence-corrected chi connectivity index (χ3v) is 3.31. The van der Waals surface area contributed by atoms with Gasteiger partial charge in [0.15, 0.2) is 0 Å². The highest BCUT2D eigenvalue weighted by atomic mass is 16.5. The predicted octanol–water partition coefficient (Wildman–Crippen LogP) is 2.13. The van der Waals surface area contributed by atoms with Crippen molar-refractivity contribution in [1.82, 2.24) is 4.57 Å². The molecule has 1 heterocycles. The van der Waals surface area contributed by atoms with E-state index < -0.39 is 0 Å². The molecule has 0 spiro atoms. The summed E-state index contributed by atoms with van der Waals surface area (Å²) in [6, 6.07) is 7.92. The van der Waals surface area contributed by atoms with Crippen molar-refractivity contribution in [2.75, 3.05) is 20.8 Å². The number of nitrogens with two attached hydrogens (primary N) is 1. The normalized spacial score (nSPS) is 12.2. The largest absolute Gasteiger partial charge is 0.497 e. The van der Waals surface area contributed by atoms with Crippen LogP contribution in [0.2, 0.25) is 0 Å². The van der Waals surface area contributed by atoms with Gasteiger partial charge in [-0.05, 0) is 17.7 Å². The summed E-state index contributed by atoms with van der Waals surface area (Å²) >= 11 is 0. The van der Waals surface area contributed by atoms with Gasteiger partial charge in [-0.2, -0.15) is 0 Å². The molecular formula is C15H20N2O2. The number of aryl methyl sites for hydroxylation is 1. The number of nitrogens with zero attached hydrogens (tertiary/aromatic N) is 1. The lowest BCUT2D eigenvalue weighted by Crippen LogP contribution is -2.14. The highest BCUT2D eigenvalue weighted by Crippen LogP contribution is 2.34. The number of aromatic nitrogens is 1. The van der Waals surface area contributed by atoms with Gasteiger partial charge in [-0.25, -0.2) is 0 Å². The van der Waals surface area contributed by atoms with Gasteiger partial charge in [0, 0.05) is 43.5 Å². The standard InChI is InChI=1S/C15H20N2O2/c1-17-7-6-11(10-17)14(9-16)13-5-4-12(18-2)8-15(13)19-3/h4-8,10,14H,9,16H2,1-3H3. The van der Waals surface area contributed by atoms with Gasteiger partial charge in [0.2, 0.25) is 0 Å². The zero-order valence-corrected chi connectivity index (χ0v) is 11.6. The Bertz CT molecular complexity index is 549. The Kier molecular flexibility index (Phi) is 4.12. The Hall–Kier alpha value is -1.94. The van der Waals surface area contributed by atoms with Crippen LogP contribution in [0.1, 0.15) is 17.0 Å². The molecule has 1 atom stereocenters. The van der Waals surface area contributed by atoms with Crippen LogP contribution in [0.5, 0.6) is 11.5 Å². The van der Waals surface area contributed by atoms with Gasteiger partial charge in [0.1, 0.15) is 11.5 Å². The molecule has 2 rings (SSSR count). The Balaban J connectivity index is 2.43. The minimum Gasteiger partial charge on any atom is -0.497 e. The maximum Gasteiger partial charge on any atom is 0.126 e. The van der Waals surface area contributed by atoms with Crippen molar-refractivity contribution in [3.63, 3.8) is 0 Å². The summed E-state index contributed by atoms with van der Waals surface area (Å²) < 4.78 is 12.7. The molecule has 1 aromatic heterocycles. The molecule has 0 amide bonds. The molecule has 0 aliphatic carbocycles. The topological polar surface area (TPSA) is 49.4 Å². The van der Waals surface area contributed by atoms with E-state index in [1.54, 1.807) is 14.2 Å². The van der Waals surface area contributed by atoms with E-state index in [4.69, 9.17) is 15.2 Å². The Morgan fingerprint density at radius 2 is 2.00 bits per heavy atom. The molecule has 0 aliphatic heterocycles. The smallest absolute Gasteiger partial charge is 0.126 e. The van der Waals surface area contributed by atoms with E-state index in [1.165, 1.54) is 5.56 Å². The summed E-state index contributed by atoms with van der Waals surface area (Å²) in [5.74, 6) is 1.71. The average Bonchev–Trinajstić information content (AvgIpc) is 2.86.